The lowest BCUT2D eigenvalue weighted by Gasteiger charge is -2.29. The first kappa shape index (κ1) is 14.8. The second kappa shape index (κ2) is 6.25. The summed E-state index contributed by atoms with van der Waals surface area (Å²) in [6.07, 6.45) is 1.41. The summed E-state index contributed by atoms with van der Waals surface area (Å²) in [5, 5.41) is 3.27. The van der Waals surface area contributed by atoms with Crippen LogP contribution in [0.1, 0.15) is 31.9 Å². The third-order valence-corrected chi connectivity index (χ3v) is 4.81. The molecule has 19 heavy (non-hydrogen) atoms. The molecule has 2 rings (SSSR count). The molecular weight excluding hydrogens is 304 g/mol. The molecule has 0 aromatic heterocycles. The fourth-order valence-corrected chi connectivity index (χ4v) is 3.37. The fourth-order valence-electron chi connectivity index (χ4n) is 2.66. The van der Waals surface area contributed by atoms with Gasteiger partial charge in [0.2, 0.25) is 0 Å². The molecule has 3 atom stereocenters. The third kappa shape index (κ3) is 3.12. The molecule has 0 spiro atoms. The van der Waals surface area contributed by atoms with E-state index in [2.05, 4.69) is 65.2 Å². The van der Waals surface area contributed by atoms with Gasteiger partial charge < -0.3 is 15.0 Å². The highest BCUT2D eigenvalue weighted by Gasteiger charge is 2.28. The Kier molecular flexibility index (Phi) is 4.87. The summed E-state index contributed by atoms with van der Waals surface area (Å²) >= 11 is 3.68. The van der Waals surface area contributed by atoms with Crippen LogP contribution in [0, 0.1) is 0 Å². The lowest BCUT2D eigenvalue weighted by Crippen LogP contribution is -2.36. The number of anilines is 1. The molecule has 3 unspecified atom stereocenters. The molecule has 0 saturated carbocycles. The van der Waals surface area contributed by atoms with E-state index < -0.39 is 0 Å². The smallest absolute Gasteiger partial charge is 0.0750 e. The third-order valence-electron chi connectivity index (χ3n) is 4.12. The largest absolute Gasteiger partial charge is 0.376 e. The van der Waals surface area contributed by atoms with Gasteiger partial charge in [-0.1, -0.05) is 22.0 Å². The molecule has 1 fully saturated rings. The van der Waals surface area contributed by atoms with Crippen LogP contribution in [0.4, 0.5) is 5.69 Å². The van der Waals surface area contributed by atoms with Crippen molar-refractivity contribution in [2.75, 3.05) is 25.6 Å². The summed E-state index contributed by atoms with van der Waals surface area (Å²) in [7, 11) is 4.13. The molecular formula is C15H23BrN2O. The van der Waals surface area contributed by atoms with Crippen molar-refractivity contribution in [3.05, 3.63) is 28.2 Å². The van der Waals surface area contributed by atoms with Gasteiger partial charge in [0.1, 0.15) is 0 Å². The summed E-state index contributed by atoms with van der Waals surface area (Å²) in [4.78, 5) is 2.33. The lowest BCUT2D eigenvalue weighted by atomic mass is 10.1. The van der Waals surface area contributed by atoms with E-state index in [1.165, 1.54) is 11.3 Å². The van der Waals surface area contributed by atoms with E-state index >= 15 is 0 Å². The number of hydrogen-bond donors (Lipinski definition) is 1. The molecule has 4 heteroatoms. The van der Waals surface area contributed by atoms with Crippen LogP contribution in [0.25, 0.3) is 0 Å². The maximum Gasteiger partial charge on any atom is 0.0750 e. The minimum Gasteiger partial charge on any atom is -0.376 e. The summed E-state index contributed by atoms with van der Waals surface area (Å²) in [6.45, 7) is 5.18. The van der Waals surface area contributed by atoms with Crippen molar-refractivity contribution in [2.45, 2.75) is 38.5 Å². The van der Waals surface area contributed by atoms with E-state index in [1.54, 1.807) is 0 Å². The number of hydrogen-bond acceptors (Lipinski definition) is 3. The number of nitrogens with zero attached hydrogens (tertiary/aromatic N) is 1. The number of nitrogens with one attached hydrogen (secondary N) is 1. The lowest BCUT2D eigenvalue weighted by molar-refractivity contribution is 0.118. The van der Waals surface area contributed by atoms with Crippen LogP contribution < -0.4 is 10.2 Å². The van der Waals surface area contributed by atoms with Crippen LogP contribution in [0.2, 0.25) is 0 Å². The van der Waals surface area contributed by atoms with Crippen LogP contribution in [0.3, 0.4) is 0 Å². The number of halogens is 1. The zero-order valence-electron chi connectivity index (χ0n) is 12.1. The van der Waals surface area contributed by atoms with E-state index in [-0.39, 0.29) is 0 Å². The normalized spacial score (nSPS) is 24.5. The maximum atomic E-state index is 5.65. The Hall–Kier alpha value is -0.580. The zero-order valence-corrected chi connectivity index (χ0v) is 13.7. The molecule has 0 amide bonds. The average molecular weight is 327 g/mol. The zero-order chi connectivity index (χ0) is 14.0. The molecule has 1 aromatic rings. The van der Waals surface area contributed by atoms with E-state index in [9.17, 15) is 0 Å². The van der Waals surface area contributed by atoms with Gasteiger partial charge >= 0.3 is 0 Å². The molecule has 1 aliphatic heterocycles. The Morgan fingerprint density at radius 1 is 1.47 bits per heavy atom. The van der Waals surface area contributed by atoms with Gasteiger partial charge in [0.05, 0.1) is 12.1 Å². The Morgan fingerprint density at radius 2 is 2.21 bits per heavy atom. The van der Waals surface area contributed by atoms with E-state index in [1.807, 2.05) is 7.05 Å². The van der Waals surface area contributed by atoms with Crippen molar-refractivity contribution in [1.82, 2.24) is 5.32 Å². The summed E-state index contributed by atoms with van der Waals surface area (Å²) < 4.78 is 6.81. The van der Waals surface area contributed by atoms with Crippen molar-refractivity contribution in [3.8, 4) is 0 Å². The first-order chi connectivity index (χ1) is 9.04. The Bertz CT molecular complexity index is 438. The molecule has 0 aliphatic carbocycles. The number of rotatable bonds is 4. The highest BCUT2D eigenvalue weighted by molar-refractivity contribution is 9.10. The van der Waals surface area contributed by atoms with E-state index in [4.69, 9.17) is 4.74 Å². The van der Waals surface area contributed by atoms with Crippen LogP contribution in [-0.2, 0) is 4.74 Å². The molecule has 0 bridgehead atoms. The minimum absolute atomic E-state index is 0.305. The van der Waals surface area contributed by atoms with Gasteiger partial charge in [-0.05, 0) is 45.0 Å². The van der Waals surface area contributed by atoms with Crippen molar-refractivity contribution >= 4 is 21.6 Å². The molecule has 1 aliphatic rings. The van der Waals surface area contributed by atoms with Crippen molar-refractivity contribution in [2.24, 2.45) is 0 Å². The highest BCUT2D eigenvalue weighted by Crippen LogP contribution is 2.30. The molecule has 1 aromatic carbocycles. The molecule has 106 valence electrons. The van der Waals surface area contributed by atoms with Crippen molar-refractivity contribution in [3.63, 3.8) is 0 Å². The van der Waals surface area contributed by atoms with Crippen LogP contribution in [0.15, 0.2) is 22.7 Å². The van der Waals surface area contributed by atoms with Gasteiger partial charge in [-0.25, -0.2) is 0 Å². The SMILES string of the molecule is CNC(C)c1ccc(N(C)C2CCOC2C)cc1Br. The highest BCUT2D eigenvalue weighted by atomic mass is 79.9. The standard InChI is InChI=1S/C15H23BrN2O/c1-10(17-3)13-6-5-12(9-14(13)16)18(4)15-7-8-19-11(15)2/h5-6,9-11,15,17H,7-8H2,1-4H3. The number of ether oxygens (including phenoxy) is 1. The predicted molar refractivity (Wildman–Crippen MR) is 83.8 cm³/mol. The molecule has 3 nitrogen and oxygen atoms in total. The fraction of sp³-hybridized carbons (Fsp3) is 0.600. The quantitative estimate of drug-likeness (QED) is 0.918. The van der Waals surface area contributed by atoms with Gasteiger partial charge in [-0.2, -0.15) is 0 Å². The van der Waals surface area contributed by atoms with Gasteiger partial charge in [0.25, 0.3) is 0 Å². The topological polar surface area (TPSA) is 24.5 Å². The van der Waals surface area contributed by atoms with Crippen LogP contribution >= 0.6 is 15.9 Å². The number of likely N-dealkylation sites (N-methyl/N-ethyl adjacent to an activating group) is 1. The van der Waals surface area contributed by atoms with Crippen LogP contribution in [0.5, 0.6) is 0 Å². The Morgan fingerprint density at radius 3 is 2.74 bits per heavy atom. The molecule has 0 radical (unpaired) electrons. The molecule has 1 saturated heterocycles. The van der Waals surface area contributed by atoms with E-state index in [0.29, 0.717) is 18.2 Å². The van der Waals surface area contributed by atoms with Gasteiger partial charge in [-0.15, -0.1) is 0 Å². The predicted octanol–water partition coefficient (Wildman–Crippen LogP) is 3.34. The second-order valence-corrected chi connectivity index (χ2v) is 6.11. The first-order valence-corrected chi connectivity index (χ1v) is 7.65. The van der Waals surface area contributed by atoms with Gasteiger partial charge in [0.15, 0.2) is 0 Å². The van der Waals surface area contributed by atoms with Gasteiger partial charge in [-0.3, -0.25) is 0 Å². The average Bonchev–Trinajstić information content (AvgIpc) is 2.83. The molecule has 1 heterocycles. The monoisotopic (exact) mass is 326 g/mol. The minimum atomic E-state index is 0.305. The molecule has 1 N–H and O–H groups in total. The second-order valence-electron chi connectivity index (χ2n) is 5.26. The van der Waals surface area contributed by atoms with Gasteiger partial charge in [0, 0.05) is 29.9 Å². The van der Waals surface area contributed by atoms with Crippen LogP contribution in [-0.4, -0.2) is 32.8 Å². The Labute approximate surface area is 124 Å². The summed E-state index contributed by atoms with van der Waals surface area (Å²) in [5.41, 5.74) is 2.52. The number of benzene rings is 1. The van der Waals surface area contributed by atoms with Crippen molar-refractivity contribution in [1.29, 1.82) is 0 Å². The summed E-state index contributed by atoms with van der Waals surface area (Å²) in [6, 6.07) is 7.41. The maximum absolute atomic E-state index is 5.65. The first-order valence-electron chi connectivity index (χ1n) is 6.85. The Balaban J connectivity index is 2.19. The van der Waals surface area contributed by atoms with Crippen molar-refractivity contribution < 1.29 is 4.74 Å². The van der Waals surface area contributed by atoms with E-state index in [0.717, 1.165) is 17.5 Å². The summed E-state index contributed by atoms with van der Waals surface area (Å²) in [5.74, 6) is 0.